The molecule has 2 atom stereocenters. The number of hydrogen-bond donors (Lipinski definition) is 2. The molecule has 0 aliphatic heterocycles. The molecule has 0 saturated heterocycles. The number of ether oxygens (including phenoxy) is 2. The topological polar surface area (TPSA) is 58.9 Å². The standard InChI is InChI=1S/C10H14O4/c1-13-10(12)9(11)7-14-8-5-3-2-4-6-8/h2-6,9-12H,7H2,1H3. The zero-order chi connectivity index (χ0) is 10.4. The Kier molecular flexibility index (Phi) is 4.39. The smallest absolute Gasteiger partial charge is 0.183 e. The van der Waals surface area contributed by atoms with Gasteiger partial charge >= 0.3 is 0 Å². The van der Waals surface area contributed by atoms with E-state index in [1.807, 2.05) is 18.2 Å². The van der Waals surface area contributed by atoms with E-state index in [9.17, 15) is 5.11 Å². The SMILES string of the molecule is COC(O)C(O)COc1ccccc1. The summed E-state index contributed by atoms with van der Waals surface area (Å²) in [4.78, 5) is 0. The zero-order valence-corrected chi connectivity index (χ0v) is 7.96. The van der Waals surface area contributed by atoms with E-state index in [0.717, 1.165) is 0 Å². The Balaban J connectivity index is 2.34. The maximum Gasteiger partial charge on any atom is 0.183 e. The summed E-state index contributed by atoms with van der Waals surface area (Å²) in [5, 5.41) is 18.3. The van der Waals surface area contributed by atoms with Gasteiger partial charge in [0.05, 0.1) is 0 Å². The van der Waals surface area contributed by atoms with Gasteiger partial charge < -0.3 is 19.7 Å². The number of benzene rings is 1. The van der Waals surface area contributed by atoms with Crippen molar-refractivity contribution in [3.8, 4) is 5.75 Å². The number of aliphatic hydroxyl groups is 2. The normalized spacial score (nSPS) is 14.8. The third-order valence-corrected chi connectivity index (χ3v) is 1.73. The lowest BCUT2D eigenvalue weighted by atomic mass is 10.3. The van der Waals surface area contributed by atoms with E-state index >= 15 is 0 Å². The van der Waals surface area contributed by atoms with Crippen molar-refractivity contribution in [3.05, 3.63) is 30.3 Å². The molecule has 2 N–H and O–H groups in total. The summed E-state index contributed by atoms with van der Waals surface area (Å²) in [5.74, 6) is 0.648. The molecule has 1 aromatic rings. The third-order valence-electron chi connectivity index (χ3n) is 1.73. The molecule has 2 unspecified atom stereocenters. The minimum absolute atomic E-state index is 0.000972. The minimum Gasteiger partial charge on any atom is -0.491 e. The molecule has 0 saturated carbocycles. The van der Waals surface area contributed by atoms with E-state index in [1.165, 1.54) is 7.11 Å². The molecule has 0 aromatic heterocycles. The number of methoxy groups -OCH3 is 1. The predicted octanol–water partition coefficient (Wildman–Crippen LogP) is 0.391. The summed E-state index contributed by atoms with van der Waals surface area (Å²) in [6, 6.07) is 9.06. The Hall–Kier alpha value is -1.10. The van der Waals surface area contributed by atoms with Crippen molar-refractivity contribution in [2.75, 3.05) is 13.7 Å². The predicted molar refractivity (Wildman–Crippen MR) is 51.0 cm³/mol. The number of aliphatic hydroxyl groups excluding tert-OH is 2. The van der Waals surface area contributed by atoms with Gasteiger partial charge in [-0.15, -0.1) is 0 Å². The number of para-hydroxylation sites is 1. The highest BCUT2D eigenvalue weighted by Gasteiger charge is 2.15. The van der Waals surface area contributed by atoms with E-state index in [4.69, 9.17) is 9.84 Å². The Morgan fingerprint density at radius 1 is 1.21 bits per heavy atom. The van der Waals surface area contributed by atoms with Crippen molar-refractivity contribution in [3.63, 3.8) is 0 Å². The van der Waals surface area contributed by atoms with E-state index in [1.54, 1.807) is 12.1 Å². The fraction of sp³-hybridized carbons (Fsp3) is 0.400. The Bertz CT molecular complexity index is 250. The molecular formula is C10H14O4. The van der Waals surface area contributed by atoms with E-state index < -0.39 is 12.4 Å². The first-order valence-corrected chi connectivity index (χ1v) is 4.31. The Morgan fingerprint density at radius 3 is 2.43 bits per heavy atom. The van der Waals surface area contributed by atoms with Crippen LogP contribution in [0.5, 0.6) is 5.75 Å². The van der Waals surface area contributed by atoms with Crippen molar-refractivity contribution in [2.24, 2.45) is 0 Å². The quantitative estimate of drug-likeness (QED) is 0.672. The summed E-state index contributed by atoms with van der Waals surface area (Å²) in [6.45, 7) is -0.000972. The molecule has 0 bridgehead atoms. The molecule has 4 nitrogen and oxygen atoms in total. The molecule has 0 aliphatic rings. The van der Waals surface area contributed by atoms with Gasteiger partial charge in [-0.05, 0) is 12.1 Å². The van der Waals surface area contributed by atoms with Gasteiger partial charge in [-0.25, -0.2) is 0 Å². The van der Waals surface area contributed by atoms with Gasteiger partial charge in [0.2, 0.25) is 0 Å². The average molecular weight is 198 g/mol. The largest absolute Gasteiger partial charge is 0.491 e. The first kappa shape index (κ1) is 11.0. The fourth-order valence-corrected chi connectivity index (χ4v) is 0.938. The van der Waals surface area contributed by atoms with Crippen LogP contribution in [-0.4, -0.2) is 36.3 Å². The lowest BCUT2D eigenvalue weighted by Crippen LogP contribution is -2.32. The second-order valence-electron chi connectivity index (χ2n) is 2.82. The molecule has 0 heterocycles. The molecular weight excluding hydrogens is 184 g/mol. The molecule has 1 rings (SSSR count). The highest BCUT2D eigenvalue weighted by molar-refractivity contribution is 5.20. The van der Waals surface area contributed by atoms with Crippen LogP contribution in [0.1, 0.15) is 0 Å². The van der Waals surface area contributed by atoms with Crippen molar-refractivity contribution in [2.45, 2.75) is 12.4 Å². The van der Waals surface area contributed by atoms with E-state index in [-0.39, 0.29) is 6.61 Å². The van der Waals surface area contributed by atoms with Crippen LogP contribution in [0.25, 0.3) is 0 Å². The van der Waals surface area contributed by atoms with Crippen molar-refractivity contribution >= 4 is 0 Å². The van der Waals surface area contributed by atoms with Gasteiger partial charge in [0.1, 0.15) is 18.5 Å². The van der Waals surface area contributed by atoms with Crippen LogP contribution in [0.15, 0.2) is 30.3 Å². The van der Waals surface area contributed by atoms with Crippen LogP contribution in [0.3, 0.4) is 0 Å². The molecule has 14 heavy (non-hydrogen) atoms. The van der Waals surface area contributed by atoms with Crippen molar-refractivity contribution in [1.29, 1.82) is 0 Å². The summed E-state index contributed by atoms with van der Waals surface area (Å²) < 4.78 is 9.73. The number of rotatable bonds is 5. The maximum atomic E-state index is 9.28. The van der Waals surface area contributed by atoms with Crippen LogP contribution >= 0.6 is 0 Å². The third kappa shape index (κ3) is 3.33. The van der Waals surface area contributed by atoms with Gasteiger partial charge in [-0.3, -0.25) is 0 Å². The second kappa shape index (κ2) is 5.59. The van der Waals surface area contributed by atoms with Crippen LogP contribution < -0.4 is 4.74 Å². The molecule has 78 valence electrons. The molecule has 0 radical (unpaired) electrons. The summed E-state index contributed by atoms with van der Waals surface area (Å²) in [6.07, 6.45) is -2.25. The van der Waals surface area contributed by atoms with Gasteiger partial charge in [0, 0.05) is 7.11 Å². The summed E-state index contributed by atoms with van der Waals surface area (Å²) >= 11 is 0. The van der Waals surface area contributed by atoms with Crippen molar-refractivity contribution < 1.29 is 19.7 Å². The molecule has 1 aromatic carbocycles. The monoisotopic (exact) mass is 198 g/mol. The van der Waals surface area contributed by atoms with E-state index in [0.29, 0.717) is 5.75 Å². The van der Waals surface area contributed by atoms with Crippen molar-refractivity contribution in [1.82, 2.24) is 0 Å². The lowest BCUT2D eigenvalue weighted by molar-refractivity contribution is -0.152. The summed E-state index contributed by atoms with van der Waals surface area (Å²) in [5.41, 5.74) is 0. The Morgan fingerprint density at radius 2 is 1.86 bits per heavy atom. The average Bonchev–Trinajstić information content (AvgIpc) is 2.26. The molecule has 0 aliphatic carbocycles. The first-order valence-electron chi connectivity index (χ1n) is 4.31. The molecule has 4 heteroatoms. The highest BCUT2D eigenvalue weighted by Crippen LogP contribution is 2.09. The highest BCUT2D eigenvalue weighted by atomic mass is 16.6. The zero-order valence-electron chi connectivity index (χ0n) is 7.96. The van der Waals surface area contributed by atoms with Gasteiger partial charge in [0.25, 0.3) is 0 Å². The first-order chi connectivity index (χ1) is 6.74. The molecule has 0 spiro atoms. The van der Waals surface area contributed by atoms with Crippen LogP contribution in [-0.2, 0) is 4.74 Å². The van der Waals surface area contributed by atoms with Crippen LogP contribution in [0, 0.1) is 0 Å². The minimum atomic E-state index is -1.21. The second-order valence-corrected chi connectivity index (χ2v) is 2.82. The van der Waals surface area contributed by atoms with Crippen LogP contribution in [0.4, 0.5) is 0 Å². The fourth-order valence-electron chi connectivity index (χ4n) is 0.938. The molecule has 0 amide bonds. The van der Waals surface area contributed by atoms with Gasteiger partial charge in [0.15, 0.2) is 6.29 Å². The molecule has 0 fully saturated rings. The lowest BCUT2D eigenvalue weighted by Gasteiger charge is -2.16. The number of hydrogen-bond acceptors (Lipinski definition) is 4. The maximum absolute atomic E-state index is 9.28. The Labute approximate surface area is 82.7 Å². The van der Waals surface area contributed by atoms with E-state index in [2.05, 4.69) is 4.74 Å². The summed E-state index contributed by atoms with van der Waals surface area (Å²) in [7, 11) is 1.32. The van der Waals surface area contributed by atoms with Gasteiger partial charge in [-0.2, -0.15) is 0 Å². The van der Waals surface area contributed by atoms with Gasteiger partial charge in [-0.1, -0.05) is 18.2 Å². The van der Waals surface area contributed by atoms with Crippen LogP contribution in [0.2, 0.25) is 0 Å².